The van der Waals surface area contributed by atoms with E-state index >= 15 is 0 Å². The molecular formula is C54H69N2NaO13. The molecule has 4 aromatic carbocycles. The van der Waals surface area contributed by atoms with Crippen molar-refractivity contribution in [2.75, 3.05) is 40.4 Å². The number of carbonyl (C=O) groups excluding carboxylic acids is 5. The van der Waals surface area contributed by atoms with Crippen LogP contribution in [-0.4, -0.2) is 108 Å². The van der Waals surface area contributed by atoms with E-state index in [0.717, 1.165) is 58.3 Å². The molecule has 6 rings (SSSR count). The molecule has 2 heterocycles. The van der Waals surface area contributed by atoms with Crippen LogP contribution >= 0.6 is 0 Å². The molecule has 3 N–H and O–H groups in total. The Morgan fingerprint density at radius 3 is 1.26 bits per heavy atom. The van der Waals surface area contributed by atoms with Crippen molar-refractivity contribution in [2.24, 2.45) is 29.6 Å². The van der Waals surface area contributed by atoms with Crippen molar-refractivity contribution in [3.8, 4) is 0 Å². The Balaban J connectivity index is 0.000000637. The number of carbonyl (C=O) groups is 5. The zero-order valence-corrected chi connectivity index (χ0v) is 42.0. The van der Waals surface area contributed by atoms with Crippen LogP contribution < -0.4 is 29.6 Å². The first-order chi connectivity index (χ1) is 32.4. The second-order valence-electron chi connectivity index (χ2n) is 17.2. The van der Waals surface area contributed by atoms with Gasteiger partial charge in [0.25, 0.3) is 6.47 Å². The SMILES string of the molecule is C.COC(=O)CC(CC1CCN(C(c2ccccc2)c2ccccc2)CC1)C(C)C(=O)OC.O=C=O.O=COC(C(=O)O)C(CC(=O)O)CC1CCN(C(c2ccccc2)c2ccccc2)CC1.[Na+].[OH-]. The van der Waals surface area contributed by atoms with E-state index in [4.69, 9.17) is 23.8 Å². The molecule has 2 saturated heterocycles. The van der Waals surface area contributed by atoms with Gasteiger partial charge in [-0.05, 0) is 105 Å². The monoisotopic (exact) mass is 976 g/mol. The summed E-state index contributed by atoms with van der Waals surface area (Å²) in [4.78, 5) is 78.9. The van der Waals surface area contributed by atoms with Gasteiger partial charge in [-0.2, -0.15) is 9.59 Å². The summed E-state index contributed by atoms with van der Waals surface area (Å²) < 4.78 is 14.6. The van der Waals surface area contributed by atoms with Crippen LogP contribution in [-0.2, 0) is 47.8 Å². The molecule has 0 aliphatic carbocycles. The topological polar surface area (TPSA) is 224 Å². The third kappa shape index (κ3) is 19.7. The quantitative estimate of drug-likeness (QED) is 0.0494. The molecule has 0 radical (unpaired) electrons. The van der Waals surface area contributed by atoms with Gasteiger partial charge in [0, 0.05) is 12.3 Å². The molecule has 70 heavy (non-hydrogen) atoms. The zero-order valence-electron chi connectivity index (χ0n) is 40.0. The summed E-state index contributed by atoms with van der Waals surface area (Å²) in [6.45, 7) is 5.53. The van der Waals surface area contributed by atoms with E-state index in [9.17, 15) is 34.2 Å². The van der Waals surface area contributed by atoms with Crippen LogP contribution in [0, 0.1) is 29.6 Å². The number of nitrogens with zero attached hydrogens (tertiary/aromatic N) is 2. The number of aliphatic carboxylic acids is 2. The second kappa shape index (κ2) is 33.9. The Kier molecular flexibility index (Phi) is 30.3. The first-order valence-corrected chi connectivity index (χ1v) is 22.8. The van der Waals surface area contributed by atoms with E-state index in [1.54, 1.807) is 0 Å². The number of hydrogen-bond donors (Lipinski definition) is 2. The molecular weight excluding hydrogens is 908 g/mol. The summed E-state index contributed by atoms with van der Waals surface area (Å²) in [5, 5.41) is 18.6. The average molecular weight is 977 g/mol. The first-order valence-electron chi connectivity index (χ1n) is 22.8. The molecule has 15 nitrogen and oxygen atoms in total. The molecule has 4 aromatic rings. The van der Waals surface area contributed by atoms with Gasteiger partial charge < -0.3 is 29.9 Å². The van der Waals surface area contributed by atoms with Gasteiger partial charge in [-0.1, -0.05) is 136 Å². The molecule has 4 unspecified atom stereocenters. The first kappa shape index (κ1) is 62.5. The van der Waals surface area contributed by atoms with Gasteiger partial charge in [-0.3, -0.25) is 29.0 Å². The Labute approximate surface area is 434 Å². The maximum absolute atomic E-state index is 12.1. The maximum atomic E-state index is 12.1. The number of ether oxygens (including phenoxy) is 3. The minimum Gasteiger partial charge on any atom is -0.870 e. The summed E-state index contributed by atoms with van der Waals surface area (Å²) in [6.07, 6.45) is 3.67. The summed E-state index contributed by atoms with van der Waals surface area (Å²) >= 11 is 0. The number of hydrogen-bond acceptors (Lipinski definition) is 13. The van der Waals surface area contributed by atoms with Crippen LogP contribution in [0.3, 0.4) is 0 Å². The smallest absolute Gasteiger partial charge is 0.870 e. The van der Waals surface area contributed by atoms with Crippen LogP contribution in [0.4, 0.5) is 0 Å². The molecule has 16 heteroatoms. The molecule has 0 amide bonds. The van der Waals surface area contributed by atoms with Gasteiger partial charge in [0.05, 0.1) is 38.6 Å². The zero-order chi connectivity index (χ0) is 48.6. The third-order valence-electron chi connectivity index (χ3n) is 13.0. The van der Waals surface area contributed by atoms with Crippen LogP contribution in [0.1, 0.15) is 100 Å². The van der Waals surface area contributed by atoms with Gasteiger partial charge in [-0.15, -0.1) is 0 Å². The normalized spacial score (nSPS) is 15.6. The summed E-state index contributed by atoms with van der Waals surface area (Å²) in [7, 11) is 2.80. The number of carboxylic acids is 2. The fourth-order valence-electron chi connectivity index (χ4n) is 9.63. The molecule has 2 fully saturated rings. The number of piperidine rings is 2. The number of methoxy groups -OCH3 is 2. The standard InChI is InChI=1S/C27H35NO4.C25H29NO6.CO2.CH4.Na.H2O/c1-20(27(30)32-3)24(19-25(29)31-2)18-21-14-16-28(17-15-21)26(22-10-6-4-7-11-22)23-12-8-5-9-13-23;27-17-32-24(25(30)31)21(16-22(28)29)15-18-11-13-26(14-12-18)23(19-7-3-1-4-8-19)20-9-5-2-6-10-20;2-1-3;;;/h4-13,20-21,24,26H,14-19H2,1-3H3;1-10,17-18,21,23-24H,11-16H2,(H,28,29)(H,30,31);;1H4;;1H2/q;;;;+1;/p-1. The molecule has 2 aliphatic heterocycles. The fraction of sp³-hybridized carbons (Fsp3) is 0.444. The van der Waals surface area contributed by atoms with Gasteiger partial charge in [0.1, 0.15) is 0 Å². The molecule has 374 valence electrons. The minimum atomic E-state index is -1.44. The van der Waals surface area contributed by atoms with E-state index in [1.165, 1.54) is 36.5 Å². The van der Waals surface area contributed by atoms with Gasteiger partial charge in [-0.25, -0.2) is 4.79 Å². The summed E-state index contributed by atoms with van der Waals surface area (Å²) in [5.74, 6) is -3.44. The van der Waals surface area contributed by atoms with Crippen molar-refractivity contribution >= 4 is 36.5 Å². The van der Waals surface area contributed by atoms with E-state index in [-0.39, 0.29) is 110 Å². The molecule has 0 spiro atoms. The Bertz CT molecular complexity index is 2050. The van der Waals surface area contributed by atoms with Crippen molar-refractivity contribution < 1.29 is 93.0 Å². The third-order valence-corrected chi connectivity index (χ3v) is 13.0. The number of benzene rings is 4. The maximum Gasteiger partial charge on any atom is 1.00 e. The van der Waals surface area contributed by atoms with Crippen LogP contribution in [0.2, 0.25) is 0 Å². The molecule has 0 aromatic heterocycles. The van der Waals surface area contributed by atoms with Crippen molar-refractivity contribution in [2.45, 2.75) is 83.9 Å². The predicted molar refractivity (Wildman–Crippen MR) is 257 cm³/mol. The predicted octanol–water partition coefficient (Wildman–Crippen LogP) is 5.34. The summed E-state index contributed by atoms with van der Waals surface area (Å²) in [5.41, 5.74) is 5.04. The average Bonchev–Trinajstić information content (AvgIpc) is 3.35. The van der Waals surface area contributed by atoms with Crippen LogP contribution in [0.15, 0.2) is 121 Å². The van der Waals surface area contributed by atoms with Crippen LogP contribution in [0.5, 0.6) is 0 Å². The number of rotatable bonds is 20. The Morgan fingerprint density at radius 2 is 0.971 bits per heavy atom. The van der Waals surface area contributed by atoms with Crippen LogP contribution in [0.25, 0.3) is 0 Å². The second-order valence-corrected chi connectivity index (χ2v) is 17.2. The van der Waals surface area contributed by atoms with E-state index in [1.807, 2.05) is 43.3 Å². The number of esters is 2. The summed E-state index contributed by atoms with van der Waals surface area (Å²) in [6, 6.07) is 42.3. The van der Waals surface area contributed by atoms with E-state index < -0.39 is 24.0 Å². The number of carboxylic acid groups (broad SMARTS) is 2. The van der Waals surface area contributed by atoms with E-state index in [2.05, 4.69) is 94.7 Å². The van der Waals surface area contributed by atoms with Gasteiger partial charge in [0.15, 0.2) is 0 Å². The van der Waals surface area contributed by atoms with Crippen molar-refractivity contribution in [1.29, 1.82) is 0 Å². The molecule has 2 aliphatic rings. The Morgan fingerprint density at radius 1 is 0.629 bits per heavy atom. The fourth-order valence-corrected chi connectivity index (χ4v) is 9.63. The van der Waals surface area contributed by atoms with Gasteiger partial charge >= 0.3 is 59.6 Å². The number of likely N-dealkylation sites (tertiary alicyclic amines) is 2. The Hall–Kier alpha value is -5.51. The minimum absolute atomic E-state index is 0. The van der Waals surface area contributed by atoms with Crippen molar-refractivity contribution in [3.05, 3.63) is 144 Å². The van der Waals surface area contributed by atoms with Crippen molar-refractivity contribution in [3.63, 3.8) is 0 Å². The van der Waals surface area contributed by atoms with E-state index in [0.29, 0.717) is 12.3 Å². The molecule has 0 saturated carbocycles. The molecule has 0 bridgehead atoms. The van der Waals surface area contributed by atoms with Gasteiger partial charge in [0.2, 0.25) is 6.10 Å². The van der Waals surface area contributed by atoms with Crippen molar-refractivity contribution in [1.82, 2.24) is 9.80 Å². The molecule has 4 atom stereocenters. The largest absolute Gasteiger partial charge is 1.00 e.